The molecule has 2 aromatic carbocycles. The molecule has 94 valence electrons. The van der Waals surface area contributed by atoms with E-state index in [1.165, 1.54) is 11.9 Å². The van der Waals surface area contributed by atoms with E-state index in [4.69, 9.17) is 5.73 Å². The lowest BCUT2D eigenvalue weighted by atomic mass is 10.2. The topological polar surface area (TPSA) is 63.8 Å². The molecule has 3 rings (SSSR count). The Morgan fingerprint density at radius 2 is 1.89 bits per heavy atom. The summed E-state index contributed by atoms with van der Waals surface area (Å²) in [6, 6.07) is 13.8. The van der Waals surface area contributed by atoms with Crippen LogP contribution < -0.4 is 11.1 Å². The standard InChI is InChI=1S/C15H14N4/c1-10-4-2-5-11(8-10)19-15-12-6-3-7-13(16)14(12)17-9-18-15/h2-9H,16H2,1H3,(H,17,18,19). The number of nitrogens with zero attached hydrogens (tertiary/aromatic N) is 2. The molecule has 0 unspecified atom stereocenters. The number of aryl methyl sites for hydroxylation is 1. The van der Waals surface area contributed by atoms with Crippen LogP contribution in [0, 0.1) is 6.92 Å². The molecule has 3 aromatic rings. The van der Waals surface area contributed by atoms with Gasteiger partial charge in [0, 0.05) is 11.1 Å². The third-order valence-corrected chi connectivity index (χ3v) is 2.98. The maximum Gasteiger partial charge on any atom is 0.141 e. The van der Waals surface area contributed by atoms with Crippen LogP contribution in [0.3, 0.4) is 0 Å². The Bertz CT molecular complexity index is 737. The molecular formula is C15H14N4. The van der Waals surface area contributed by atoms with Gasteiger partial charge in [-0.25, -0.2) is 9.97 Å². The van der Waals surface area contributed by atoms with E-state index < -0.39 is 0 Å². The van der Waals surface area contributed by atoms with Crippen LogP contribution in [0.2, 0.25) is 0 Å². The number of hydrogen-bond donors (Lipinski definition) is 2. The Morgan fingerprint density at radius 1 is 1.05 bits per heavy atom. The molecule has 19 heavy (non-hydrogen) atoms. The van der Waals surface area contributed by atoms with Gasteiger partial charge in [0.25, 0.3) is 0 Å². The maximum atomic E-state index is 5.92. The maximum absolute atomic E-state index is 5.92. The molecule has 3 N–H and O–H groups in total. The van der Waals surface area contributed by atoms with Crippen molar-refractivity contribution in [1.29, 1.82) is 0 Å². The second-order valence-electron chi connectivity index (χ2n) is 4.46. The number of anilines is 3. The zero-order chi connectivity index (χ0) is 13.2. The van der Waals surface area contributed by atoms with Gasteiger partial charge >= 0.3 is 0 Å². The highest BCUT2D eigenvalue weighted by atomic mass is 15.0. The number of nitrogens with one attached hydrogen (secondary N) is 1. The lowest BCUT2D eigenvalue weighted by Crippen LogP contribution is -1.98. The van der Waals surface area contributed by atoms with E-state index in [1.807, 2.05) is 30.3 Å². The van der Waals surface area contributed by atoms with Crippen LogP contribution in [0.4, 0.5) is 17.2 Å². The van der Waals surface area contributed by atoms with Gasteiger partial charge in [-0.05, 0) is 36.8 Å². The number of nitrogen functional groups attached to an aromatic ring is 1. The molecule has 1 heterocycles. The minimum Gasteiger partial charge on any atom is -0.397 e. The average molecular weight is 250 g/mol. The SMILES string of the molecule is Cc1cccc(Nc2ncnc3c(N)cccc23)c1. The van der Waals surface area contributed by atoms with Crippen molar-refractivity contribution in [2.24, 2.45) is 0 Å². The number of aromatic nitrogens is 2. The first-order chi connectivity index (χ1) is 9.24. The second-order valence-corrected chi connectivity index (χ2v) is 4.46. The van der Waals surface area contributed by atoms with E-state index in [1.54, 1.807) is 0 Å². The Kier molecular flexibility index (Phi) is 2.76. The van der Waals surface area contributed by atoms with Gasteiger partial charge in [-0.2, -0.15) is 0 Å². The second kappa shape index (κ2) is 4.57. The molecule has 0 aliphatic carbocycles. The normalized spacial score (nSPS) is 10.6. The number of nitrogens with two attached hydrogens (primary N) is 1. The molecule has 0 saturated heterocycles. The largest absolute Gasteiger partial charge is 0.397 e. The van der Waals surface area contributed by atoms with E-state index >= 15 is 0 Å². The van der Waals surface area contributed by atoms with Crippen LogP contribution in [-0.2, 0) is 0 Å². The van der Waals surface area contributed by atoms with Crippen molar-refractivity contribution in [3.8, 4) is 0 Å². The van der Waals surface area contributed by atoms with E-state index in [9.17, 15) is 0 Å². The molecule has 0 atom stereocenters. The van der Waals surface area contributed by atoms with Gasteiger partial charge < -0.3 is 11.1 Å². The Morgan fingerprint density at radius 3 is 2.74 bits per heavy atom. The molecule has 0 aliphatic heterocycles. The minimum absolute atomic E-state index is 0.659. The van der Waals surface area contributed by atoms with Gasteiger partial charge in [0.2, 0.25) is 0 Å². The van der Waals surface area contributed by atoms with Gasteiger partial charge in [-0.15, -0.1) is 0 Å². The van der Waals surface area contributed by atoms with Gasteiger partial charge in [0.1, 0.15) is 12.1 Å². The van der Waals surface area contributed by atoms with E-state index in [0.717, 1.165) is 22.4 Å². The molecular weight excluding hydrogens is 236 g/mol. The van der Waals surface area contributed by atoms with Gasteiger partial charge in [0.05, 0.1) is 11.2 Å². The third kappa shape index (κ3) is 2.20. The fourth-order valence-corrected chi connectivity index (χ4v) is 2.07. The summed E-state index contributed by atoms with van der Waals surface area (Å²) in [4.78, 5) is 8.52. The van der Waals surface area contributed by atoms with Crippen molar-refractivity contribution in [3.63, 3.8) is 0 Å². The summed E-state index contributed by atoms with van der Waals surface area (Å²) < 4.78 is 0. The molecule has 0 radical (unpaired) electrons. The molecule has 0 amide bonds. The van der Waals surface area contributed by atoms with Crippen molar-refractivity contribution in [1.82, 2.24) is 9.97 Å². The minimum atomic E-state index is 0.659. The van der Waals surface area contributed by atoms with E-state index in [-0.39, 0.29) is 0 Å². The summed E-state index contributed by atoms with van der Waals surface area (Å²) in [5, 5.41) is 4.23. The van der Waals surface area contributed by atoms with Crippen molar-refractivity contribution in [2.75, 3.05) is 11.1 Å². The summed E-state index contributed by atoms with van der Waals surface area (Å²) in [6.45, 7) is 2.06. The monoisotopic (exact) mass is 250 g/mol. The molecule has 4 heteroatoms. The van der Waals surface area contributed by atoms with Crippen molar-refractivity contribution < 1.29 is 0 Å². The van der Waals surface area contributed by atoms with Crippen LogP contribution in [-0.4, -0.2) is 9.97 Å². The average Bonchev–Trinajstić information content (AvgIpc) is 2.40. The third-order valence-electron chi connectivity index (χ3n) is 2.98. The smallest absolute Gasteiger partial charge is 0.141 e. The summed E-state index contributed by atoms with van der Waals surface area (Å²) in [6.07, 6.45) is 1.52. The zero-order valence-corrected chi connectivity index (χ0v) is 10.6. The Balaban J connectivity index is 2.08. The number of para-hydroxylation sites is 1. The lowest BCUT2D eigenvalue weighted by molar-refractivity contribution is 1.22. The summed E-state index contributed by atoms with van der Waals surface area (Å²) in [7, 11) is 0. The Labute approximate surface area is 111 Å². The molecule has 0 saturated carbocycles. The highest BCUT2D eigenvalue weighted by Gasteiger charge is 2.05. The highest BCUT2D eigenvalue weighted by Crippen LogP contribution is 2.26. The van der Waals surface area contributed by atoms with Crippen molar-refractivity contribution >= 4 is 28.1 Å². The molecule has 0 spiro atoms. The van der Waals surface area contributed by atoms with Gasteiger partial charge in [-0.1, -0.05) is 18.2 Å². The van der Waals surface area contributed by atoms with Crippen molar-refractivity contribution in [2.45, 2.75) is 6.92 Å². The van der Waals surface area contributed by atoms with Gasteiger partial charge in [-0.3, -0.25) is 0 Å². The predicted molar refractivity (Wildman–Crippen MR) is 78.4 cm³/mol. The number of benzene rings is 2. The van der Waals surface area contributed by atoms with E-state index in [0.29, 0.717) is 5.69 Å². The van der Waals surface area contributed by atoms with Crippen LogP contribution in [0.1, 0.15) is 5.56 Å². The van der Waals surface area contributed by atoms with Gasteiger partial charge in [0.15, 0.2) is 0 Å². The number of fused-ring (bicyclic) bond motifs is 1. The first-order valence-corrected chi connectivity index (χ1v) is 6.07. The van der Waals surface area contributed by atoms with Crippen molar-refractivity contribution in [3.05, 3.63) is 54.4 Å². The molecule has 0 fully saturated rings. The Hall–Kier alpha value is -2.62. The quantitative estimate of drug-likeness (QED) is 0.685. The van der Waals surface area contributed by atoms with Crippen LogP contribution in [0.25, 0.3) is 10.9 Å². The summed E-state index contributed by atoms with van der Waals surface area (Å²) in [5.41, 5.74) is 9.55. The molecule has 0 bridgehead atoms. The van der Waals surface area contributed by atoms with Crippen LogP contribution >= 0.6 is 0 Å². The summed E-state index contributed by atoms with van der Waals surface area (Å²) in [5.74, 6) is 0.767. The fraction of sp³-hybridized carbons (Fsp3) is 0.0667. The predicted octanol–water partition coefficient (Wildman–Crippen LogP) is 3.26. The van der Waals surface area contributed by atoms with E-state index in [2.05, 4.69) is 34.3 Å². The molecule has 0 aliphatic rings. The first-order valence-electron chi connectivity index (χ1n) is 6.07. The number of rotatable bonds is 2. The molecule has 4 nitrogen and oxygen atoms in total. The fourth-order valence-electron chi connectivity index (χ4n) is 2.07. The first kappa shape index (κ1) is 11.5. The van der Waals surface area contributed by atoms with Crippen LogP contribution in [0.5, 0.6) is 0 Å². The highest BCUT2D eigenvalue weighted by molar-refractivity contribution is 5.97. The zero-order valence-electron chi connectivity index (χ0n) is 10.6. The van der Waals surface area contributed by atoms with Crippen LogP contribution in [0.15, 0.2) is 48.8 Å². The summed E-state index contributed by atoms with van der Waals surface area (Å²) >= 11 is 0. The lowest BCUT2D eigenvalue weighted by Gasteiger charge is -2.09. The number of hydrogen-bond acceptors (Lipinski definition) is 4. The molecule has 1 aromatic heterocycles.